The lowest BCUT2D eigenvalue weighted by molar-refractivity contribution is -0.384. The van der Waals surface area contributed by atoms with Crippen molar-refractivity contribution in [1.82, 2.24) is 4.90 Å². The van der Waals surface area contributed by atoms with Crippen LogP contribution in [0.3, 0.4) is 0 Å². The van der Waals surface area contributed by atoms with Crippen LogP contribution in [-0.4, -0.2) is 34.7 Å². The molecule has 0 bridgehead atoms. The third-order valence-corrected chi connectivity index (χ3v) is 5.90. The van der Waals surface area contributed by atoms with E-state index in [-0.39, 0.29) is 17.5 Å². The third-order valence-electron chi connectivity index (χ3n) is 5.90. The SMILES string of the molecule is CCCCCCN1C(=O)C(c2ccc([N+](=O)[O-])cc2)=C(N2CCc3ccccc32)C1=O. The maximum atomic E-state index is 13.4. The number of para-hydroxylation sites is 1. The van der Waals surface area contributed by atoms with E-state index in [1.807, 2.05) is 29.2 Å². The van der Waals surface area contributed by atoms with Gasteiger partial charge in [-0.1, -0.05) is 44.4 Å². The highest BCUT2D eigenvalue weighted by Gasteiger charge is 2.42. The van der Waals surface area contributed by atoms with Gasteiger partial charge < -0.3 is 4.90 Å². The Morgan fingerprint density at radius 2 is 1.71 bits per heavy atom. The molecule has 2 heterocycles. The van der Waals surface area contributed by atoms with Crippen LogP contribution < -0.4 is 4.90 Å². The topological polar surface area (TPSA) is 83.8 Å². The summed E-state index contributed by atoms with van der Waals surface area (Å²) in [5.74, 6) is -0.610. The number of rotatable bonds is 8. The Hall–Kier alpha value is -3.48. The number of unbranched alkanes of at least 4 members (excludes halogenated alkanes) is 3. The predicted octanol–water partition coefficient (Wildman–Crippen LogP) is 4.32. The van der Waals surface area contributed by atoms with Gasteiger partial charge in [0.05, 0.1) is 10.5 Å². The second kappa shape index (κ2) is 8.71. The van der Waals surface area contributed by atoms with E-state index in [0.717, 1.165) is 43.4 Å². The van der Waals surface area contributed by atoms with Crippen molar-refractivity contribution in [2.75, 3.05) is 18.0 Å². The number of hydrogen-bond donors (Lipinski definition) is 0. The van der Waals surface area contributed by atoms with Gasteiger partial charge in [0.15, 0.2) is 0 Å². The minimum atomic E-state index is -0.475. The lowest BCUT2D eigenvalue weighted by Gasteiger charge is -2.21. The molecule has 0 radical (unpaired) electrons. The summed E-state index contributed by atoms with van der Waals surface area (Å²) in [4.78, 5) is 40.6. The van der Waals surface area contributed by atoms with E-state index in [4.69, 9.17) is 0 Å². The summed E-state index contributed by atoms with van der Waals surface area (Å²) < 4.78 is 0. The highest BCUT2D eigenvalue weighted by molar-refractivity contribution is 6.36. The van der Waals surface area contributed by atoms with Crippen molar-refractivity contribution < 1.29 is 14.5 Å². The summed E-state index contributed by atoms with van der Waals surface area (Å²) >= 11 is 0. The Morgan fingerprint density at radius 1 is 0.968 bits per heavy atom. The van der Waals surface area contributed by atoms with Gasteiger partial charge in [-0.25, -0.2) is 0 Å². The number of benzene rings is 2. The molecule has 0 atom stereocenters. The summed E-state index contributed by atoms with van der Waals surface area (Å²) in [5.41, 5.74) is 3.25. The molecule has 0 unspecified atom stereocenters. The van der Waals surface area contributed by atoms with Crippen molar-refractivity contribution in [3.8, 4) is 0 Å². The number of nitro groups is 1. The highest BCUT2D eigenvalue weighted by atomic mass is 16.6. The fourth-order valence-corrected chi connectivity index (χ4v) is 4.29. The molecule has 7 nitrogen and oxygen atoms in total. The van der Waals surface area contributed by atoms with Gasteiger partial charge in [0.2, 0.25) is 0 Å². The molecule has 31 heavy (non-hydrogen) atoms. The number of imide groups is 1. The van der Waals surface area contributed by atoms with Gasteiger partial charge in [-0.3, -0.25) is 24.6 Å². The molecule has 0 aromatic heterocycles. The van der Waals surface area contributed by atoms with Crippen LogP contribution in [0.2, 0.25) is 0 Å². The molecule has 0 saturated carbocycles. The van der Waals surface area contributed by atoms with Gasteiger partial charge in [-0.05, 0) is 42.2 Å². The second-order valence-electron chi connectivity index (χ2n) is 7.88. The summed E-state index contributed by atoms with van der Waals surface area (Å²) in [5, 5.41) is 11.0. The van der Waals surface area contributed by atoms with Crippen molar-refractivity contribution in [2.24, 2.45) is 0 Å². The fourth-order valence-electron chi connectivity index (χ4n) is 4.29. The second-order valence-corrected chi connectivity index (χ2v) is 7.88. The molecule has 2 aromatic carbocycles. The quantitative estimate of drug-likeness (QED) is 0.275. The number of fused-ring (bicyclic) bond motifs is 1. The molecule has 0 spiro atoms. The molecule has 0 N–H and O–H groups in total. The summed E-state index contributed by atoms with van der Waals surface area (Å²) in [6.07, 6.45) is 4.66. The molecule has 0 aliphatic carbocycles. The first-order valence-electron chi connectivity index (χ1n) is 10.7. The van der Waals surface area contributed by atoms with Crippen molar-refractivity contribution in [3.63, 3.8) is 0 Å². The monoisotopic (exact) mass is 419 g/mol. The first-order valence-corrected chi connectivity index (χ1v) is 10.7. The molecule has 4 rings (SSSR count). The van der Waals surface area contributed by atoms with E-state index >= 15 is 0 Å². The molecule has 2 aliphatic rings. The van der Waals surface area contributed by atoms with E-state index in [1.165, 1.54) is 17.0 Å². The van der Waals surface area contributed by atoms with Crippen LogP contribution in [-0.2, 0) is 16.0 Å². The van der Waals surface area contributed by atoms with Crippen LogP contribution in [0.1, 0.15) is 43.7 Å². The minimum absolute atomic E-state index is 0.0504. The molecule has 2 aromatic rings. The van der Waals surface area contributed by atoms with Crippen molar-refractivity contribution in [1.29, 1.82) is 0 Å². The summed E-state index contributed by atoms with van der Waals surface area (Å²) in [7, 11) is 0. The van der Waals surface area contributed by atoms with Crippen molar-refractivity contribution in [3.05, 3.63) is 75.5 Å². The van der Waals surface area contributed by atoms with Crippen LogP contribution in [0, 0.1) is 10.1 Å². The normalized spacial score (nSPS) is 15.8. The van der Waals surface area contributed by atoms with Gasteiger partial charge in [-0.2, -0.15) is 0 Å². The molecule has 2 aliphatic heterocycles. The third kappa shape index (κ3) is 3.83. The number of anilines is 1. The molecule has 7 heteroatoms. The number of nitrogens with zero attached hydrogens (tertiary/aromatic N) is 3. The average molecular weight is 419 g/mol. The number of carbonyl (C=O) groups excluding carboxylic acids is 2. The Balaban J connectivity index is 1.74. The standard InChI is InChI=1S/C24H25N3O4/c1-2-3-4-7-15-26-23(28)21(18-10-12-19(13-11-18)27(30)31)22(24(26)29)25-16-14-17-8-5-6-9-20(17)25/h5-6,8-13H,2-4,7,14-16H2,1H3. The van der Waals surface area contributed by atoms with Crippen LogP contribution in [0.5, 0.6) is 0 Å². The smallest absolute Gasteiger partial charge is 0.278 e. The zero-order valence-electron chi connectivity index (χ0n) is 17.5. The van der Waals surface area contributed by atoms with Crippen molar-refractivity contribution >= 4 is 28.8 Å². The summed E-state index contributed by atoms with van der Waals surface area (Å²) in [6.45, 7) is 3.12. The largest absolute Gasteiger partial charge is 0.336 e. The fraction of sp³-hybridized carbons (Fsp3) is 0.333. The van der Waals surface area contributed by atoms with Crippen LogP contribution in [0.4, 0.5) is 11.4 Å². The van der Waals surface area contributed by atoms with E-state index < -0.39 is 4.92 Å². The van der Waals surface area contributed by atoms with E-state index in [1.54, 1.807) is 12.1 Å². The maximum Gasteiger partial charge on any atom is 0.278 e. The van der Waals surface area contributed by atoms with Crippen molar-refractivity contribution in [2.45, 2.75) is 39.0 Å². The number of amides is 2. The average Bonchev–Trinajstić information content (AvgIpc) is 3.30. The summed E-state index contributed by atoms with van der Waals surface area (Å²) in [6, 6.07) is 13.7. The zero-order chi connectivity index (χ0) is 22.0. The van der Waals surface area contributed by atoms with Gasteiger partial charge in [0.1, 0.15) is 5.70 Å². The Bertz CT molecular complexity index is 1060. The molecule has 160 valence electrons. The minimum Gasteiger partial charge on any atom is -0.336 e. The number of non-ortho nitro benzene ring substituents is 1. The lowest BCUT2D eigenvalue weighted by atomic mass is 10.0. The molecule has 0 fully saturated rings. The Kier molecular flexibility index (Phi) is 5.84. The number of hydrogen-bond acceptors (Lipinski definition) is 5. The predicted molar refractivity (Wildman–Crippen MR) is 118 cm³/mol. The number of nitro benzene ring substituents is 1. The van der Waals surface area contributed by atoms with E-state index in [2.05, 4.69) is 6.92 Å². The Morgan fingerprint density at radius 3 is 2.42 bits per heavy atom. The van der Waals surface area contributed by atoms with E-state index in [9.17, 15) is 19.7 Å². The lowest BCUT2D eigenvalue weighted by Crippen LogP contribution is -2.35. The highest BCUT2D eigenvalue weighted by Crippen LogP contribution is 2.38. The van der Waals surface area contributed by atoms with Gasteiger partial charge >= 0.3 is 0 Å². The van der Waals surface area contributed by atoms with Gasteiger partial charge in [-0.15, -0.1) is 0 Å². The molecular weight excluding hydrogens is 394 g/mol. The van der Waals surface area contributed by atoms with Crippen LogP contribution in [0.15, 0.2) is 54.2 Å². The first-order chi connectivity index (χ1) is 15.0. The Labute approximate surface area is 181 Å². The van der Waals surface area contributed by atoms with Crippen LogP contribution >= 0.6 is 0 Å². The number of carbonyl (C=O) groups is 2. The molecule has 2 amide bonds. The zero-order valence-corrected chi connectivity index (χ0v) is 17.5. The molecular formula is C24H25N3O4. The first kappa shape index (κ1) is 20.8. The molecule has 0 saturated heterocycles. The van der Waals surface area contributed by atoms with Crippen LogP contribution in [0.25, 0.3) is 5.57 Å². The maximum absolute atomic E-state index is 13.4. The van der Waals surface area contributed by atoms with Gasteiger partial charge in [0, 0.05) is 30.9 Å². The van der Waals surface area contributed by atoms with Gasteiger partial charge in [0.25, 0.3) is 17.5 Å². The van der Waals surface area contributed by atoms with E-state index in [0.29, 0.717) is 29.9 Å².